The molecule has 0 atom stereocenters. The molecule has 0 aliphatic carbocycles. The molecule has 1 amide bonds. The van der Waals surface area contributed by atoms with Gasteiger partial charge in [-0.2, -0.15) is 4.31 Å². The molecule has 10 nitrogen and oxygen atoms in total. The SMILES string of the molecule is CC(=O)c1ccc(S(=O)(=O)N2CCC(C(=O)Nc3cccc(-n4cnnn4)c3)CC2)cc1. The van der Waals surface area contributed by atoms with Gasteiger partial charge in [0.25, 0.3) is 0 Å². The molecule has 4 rings (SSSR count). The zero-order valence-corrected chi connectivity index (χ0v) is 18.2. The van der Waals surface area contributed by atoms with Crippen LogP contribution in [0.1, 0.15) is 30.1 Å². The molecule has 2 aromatic carbocycles. The predicted molar refractivity (Wildman–Crippen MR) is 116 cm³/mol. The van der Waals surface area contributed by atoms with E-state index >= 15 is 0 Å². The van der Waals surface area contributed by atoms with E-state index in [4.69, 9.17) is 0 Å². The Balaban J connectivity index is 1.37. The van der Waals surface area contributed by atoms with Crippen molar-refractivity contribution in [1.82, 2.24) is 24.5 Å². The van der Waals surface area contributed by atoms with Crippen LogP contribution in [0.5, 0.6) is 0 Å². The summed E-state index contributed by atoms with van der Waals surface area (Å²) in [4.78, 5) is 24.3. The van der Waals surface area contributed by atoms with Crippen LogP contribution in [0.3, 0.4) is 0 Å². The first-order valence-corrected chi connectivity index (χ1v) is 11.5. The van der Waals surface area contributed by atoms with E-state index in [0.717, 1.165) is 0 Å². The van der Waals surface area contributed by atoms with Crippen molar-refractivity contribution in [2.75, 3.05) is 18.4 Å². The summed E-state index contributed by atoms with van der Waals surface area (Å²) in [5.74, 6) is -0.566. The Hall–Kier alpha value is -3.44. The van der Waals surface area contributed by atoms with Crippen molar-refractivity contribution >= 4 is 27.4 Å². The molecule has 0 radical (unpaired) electrons. The molecule has 1 aromatic heterocycles. The lowest BCUT2D eigenvalue weighted by atomic mass is 9.97. The summed E-state index contributed by atoms with van der Waals surface area (Å²) in [6.07, 6.45) is 2.30. The number of piperidine rings is 1. The van der Waals surface area contributed by atoms with Crippen molar-refractivity contribution in [2.45, 2.75) is 24.7 Å². The fourth-order valence-corrected chi connectivity index (χ4v) is 5.09. The Morgan fingerprint density at radius 3 is 2.41 bits per heavy atom. The van der Waals surface area contributed by atoms with Crippen LogP contribution < -0.4 is 5.32 Å². The van der Waals surface area contributed by atoms with Gasteiger partial charge >= 0.3 is 0 Å². The fraction of sp³-hybridized carbons (Fsp3) is 0.286. The Bertz CT molecular complexity index is 1220. The van der Waals surface area contributed by atoms with E-state index in [1.54, 1.807) is 18.2 Å². The van der Waals surface area contributed by atoms with Gasteiger partial charge in [-0.1, -0.05) is 18.2 Å². The number of nitrogens with zero attached hydrogens (tertiary/aromatic N) is 5. The van der Waals surface area contributed by atoms with Crippen LogP contribution in [0, 0.1) is 5.92 Å². The van der Waals surface area contributed by atoms with Crippen molar-refractivity contribution in [3.05, 3.63) is 60.4 Å². The van der Waals surface area contributed by atoms with E-state index in [1.165, 1.54) is 46.5 Å². The molecular weight excluding hydrogens is 432 g/mol. The van der Waals surface area contributed by atoms with Gasteiger partial charge < -0.3 is 5.32 Å². The van der Waals surface area contributed by atoms with Crippen molar-refractivity contribution in [1.29, 1.82) is 0 Å². The lowest BCUT2D eigenvalue weighted by molar-refractivity contribution is -0.120. The molecule has 1 saturated heterocycles. The zero-order chi connectivity index (χ0) is 22.7. The number of aromatic nitrogens is 4. The highest BCUT2D eigenvalue weighted by atomic mass is 32.2. The quantitative estimate of drug-likeness (QED) is 0.564. The maximum absolute atomic E-state index is 12.9. The lowest BCUT2D eigenvalue weighted by Gasteiger charge is -2.30. The third-order valence-electron chi connectivity index (χ3n) is 5.45. The minimum absolute atomic E-state index is 0.121. The second-order valence-electron chi connectivity index (χ2n) is 7.55. The Morgan fingerprint density at radius 1 is 1.06 bits per heavy atom. The smallest absolute Gasteiger partial charge is 0.243 e. The molecule has 2 heterocycles. The van der Waals surface area contributed by atoms with E-state index in [0.29, 0.717) is 29.8 Å². The highest BCUT2D eigenvalue weighted by Crippen LogP contribution is 2.25. The van der Waals surface area contributed by atoms with Crippen LogP contribution in [0.25, 0.3) is 5.69 Å². The topological polar surface area (TPSA) is 127 Å². The fourth-order valence-electron chi connectivity index (χ4n) is 3.62. The number of tetrazole rings is 1. The number of nitrogens with one attached hydrogen (secondary N) is 1. The van der Waals surface area contributed by atoms with Crippen molar-refractivity contribution in [3.63, 3.8) is 0 Å². The third-order valence-corrected chi connectivity index (χ3v) is 7.36. The van der Waals surface area contributed by atoms with Crippen molar-refractivity contribution in [2.24, 2.45) is 5.92 Å². The molecule has 11 heteroatoms. The maximum atomic E-state index is 12.9. The molecule has 1 aliphatic rings. The minimum Gasteiger partial charge on any atom is -0.326 e. The molecule has 1 N–H and O–H groups in total. The highest BCUT2D eigenvalue weighted by Gasteiger charge is 2.32. The van der Waals surface area contributed by atoms with Gasteiger partial charge in [-0.15, -0.1) is 5.10 Å². The molecule has 0 bridgehead atoms. The molecule has 0 unspecified atom stereocenters. The summed E-state index contributed by atoms with van der Waals surface area (Å²) in [7, 11) is -3.67. The largest absolute Gasteiger partial charge is 0.326 e. The highest BCUT2D eigenvalue weighted by molar-refractivity contribution is 7.89. The van der Waals surface area contributed by atoms with Gasteiger partial charge in [0.15, 0.2) is 5.78 Å². The average Bonchev–Trinajstić information content (AvgIpc) is 3.34. The number of hydrogen-bond acceptors (Lipinski definition) is 7. The number of sulfonamides is 1. The first-order chi connectivity index (χ1) is 15.3. The Kier molecular flexibility index (Phi) is 6.10. The van der Waals surface area contributed by atoms with Crippen LogP contribution in [0.2, 0.25) is 0 Å². The molecule has 0 saturated carbocycles. The molecule has 166 valence electrons. The van der Waals surface area contributed by atoms with Crippen LogP contribution in [0.15, 0.2) is 59.8 Å². The standard InChI is InChI=1S/C21H22N6O4S/c1-15(28)16-5-7-20(8-6-16)32(30,31)26-11-9-17(10-12-26)21(29)23-18-3-2-4-19(13-18)27-14-22-24-25-27/h2-8,13-14,17H,9-12H2,1H3,(H,23,29). The summed E-state index contributed by atoms with van der Waals surface area (Å²) < 4.78 is 28.7. The summed E-state index contributed by atoms with van der Waals surface area (Å²) in [5.41, 5.74) is 1.79. The molecule has 32 heavy (non-hydrogen) atoms. The zero-order valence-electron chi connectivity index (χ0n) is 17.4. The van der Waals surface area contributed by atoms with E-state index in [1.807, 2.05) is 6.07 Å². The van der Waals surface area contributed by atoms with Gasteiger partial charge in [0, 0.05) is 30.3 Å². The number of rotatable bonds is 6. The first kappa shape index (κ1) is 21.8. The number of carbonyl (C=O) groups is 2. The van der Waals surface area contributed by atoms with E-state index < -0.39 is 10.0 Å². The Morgan fingerprint density at radius 2 is 1.78 bits per heavy atom. The second-order valence-corrected chi connectivity index (χ2v) is 9.49. The summed E-state index contributed by atoms with van der Waals surface area (Å²) in [6.45, 7) is 1.93. The van der Waals surface area contributed by atoms with E-state index in [2.05, 4.69) is 20.8 Å². The van der Waals surface area contributed by atoms with Crippen molar-refractivity contribution in [3.8, 4) is 5.69 Å². The van der Waals surface area contributed by atoms with Gasteiger partial charge in [-0.25, -0.2) is 13.1 Å². The summed E-state index contributed by atoms with van der Waals surface area (Å²) in [6, 6.07) is 13.1. The average molecular weight is 455 g/mol. The number of benzene rings is 2. The summed E-state index contributed by atoms with van der Waals surface area (Å²) in [5, 5.41) is 13.9. The van der Waals surface area contributed by atoms with Crippen molar-refractivity contribution < 1.29 is 18.0 Å². The molecule has 1 fully saturated rings. The summed E-state index contributed by atoms with van der Waals surface area (Å²) >= 11 is 0. The van der Waals surface area contributed by atoms with Crippen LogP contribution in [-0.4, -0.2) is 57.7 Å². The lowest BCUT2D eigenvalue weighted by Crippen LogP contribution is -2.41. The number of carbonyl (C=O) groups excluding carboxylic acids is 2. The van der Waals surface area contributed by atoms with E-state index in [9.17, 15) is 18.0 Å². The number of Topliss-reactive ketones (excluding diaryl/α,β-unsaturated/α-hetero) is 1. The minimum atomic E-state index is -3.67. The molecule has 0 spiro atoms. The predicted octanol–water partition coefficient (Wildman–Crippen LogP) is 1.90. The number of anilines is 1. The monoisotopic (exact) mass is 454 g/mol. The molecule has 3 aromatic rings. The maximum Gasteiger partial charge on any atom is 0.243 e. The van der Waals surface area contributed by atoms with Gasteiger partial charge in [-0.05, 0) is 60.5 Å². The van der Waals surface area contributed by atoms with Gasteiger partial charge in [0.1, 0.15) is 6.33 Å². The third kappa shape index (κ3) is 4.58. The molecule has 1 aliphatic heterocycles. The van der Waals surface area contributed by atoms with Gasteiger partial charge in [0.05, 0.1) is 10.6 Å². The van der Waals surface area contributed by atoms with Crippen LogP contribution >= 0.6 is 0 Å². The number of hydrogen-bond donors (Lipinski definition) is 1. The normalized spacial score (nSPS) is 15.4. The van der Waals surface area contributed by atoms with Gasteiger partial charge in [0.2, 0.25) is 15.9 Å². The first-order valence-electron chi connectivity index (χ1n) is 10.1. The van der Waals surface area contributed by atoms with Gasteiger partial charge in [-0.3, -0.25) is 9.59 Å². The van der Waals surface area contributed by atoms with E-state index in [-0.39, 0.29) is 35.6 Å². The number of amides is 1. The second kappa shape index (κ2) is 8.97. The Labute approximate surface area is 185 Å². The number of ketones is 1. The van der Waals surface area contributed by atoms with Crippen LogP contribution in [0.4, 0.5) is 5.69 Å². The van der Waals surface area contributed by atoms with Crippen LogP contribution in [-0.2, 0) is 14.8 Å². The molecular formula is C21H22N6O4S.